The van der Waals surface area contributed by atoms with Gasteiger partial charge in [-0.3, -0.25) is 10.1 Å². The normalized spacial score (nSPS) is 14.8. The lowest BCUT2D eigenvalue weighted by molar-refractivity contribution is -0.105. The van der Waals surface area contributed by atoms with Gasteiger partial charge < -0.3 is 19.7 Å². The van der Waals surface area contributed by atoms with Crippen LogP contribution in [0.5, 0.6) is 0 Å². The topological polar surface area (TPSA) is 109 Å². The van der Waals surface area contributed by atoms with Crippen LogP contribution in [0.3, 0.4) is 0 Å². The summed E-state index contributed by atoms with van der Waals surface area (Å²) in [5.74, 6) is -0.535. The maximum Gasteiger partial charge on any atom is 0.437 e. The Kier molecular flexibility index (Phi) is 8.18. The van der Waals surface area contributed by atoms with Crippen molar-refractivity contribution in [1.29, 1.82) is 0 Å². The Bertz CT molecular complexity index is 961. The maximum atomic E-state index is 14.2. The summed E-state index contributed by atoms with van der Waals surface area (Å²) in [6.07, 6.45) is 1.18. The number of halogens is 1. The second-order valence-electron chi connectivity index (χ2n) is 9.42. The molecular weight excluding hydrogens is 431 g/mol. The molecule has 33 heavy (non-hydrogen) atoms. The summed E-state index contributed by atoms with van der Waals surface area (Å²) in [6, 6.07) is 4.55. The first-order valence-electron chi connectivity index (χ1n) is 10.5. The van der Waals surface area contributed by atoms with E-state index in [0.717, 1.165) is 5.57 Å². The number of hydrogen-bond acceptors (Lipinski definition) is 5. The summed E-state index contributed by atoms with van der Waals surface area (Å²) in [4.78, 5) is 40.7. The Morgan fingerprint density at radius 3 is 2.30 bits per heavy atom. The van der Waals surface area contributed by atoms with Crippen molar-refractivity contribution in [3.8, 4) is 0 Å². The van der Waals surface area contributed by atoms with E-state index in [-0.39, 0.29) is 11.6 Å². The summed E-state index contributed by atoms with van der Waals surface area (Å²) in [6.45, 7) is 11.0. The molecule has 0 aliphatic carbocycles. The number of nitrogens with zero attached hydrogens (tertiary/aromatic N) is 2. The highest BCUT2D eigenvalue weighted by Crippen LogP contribution is 2.26. The zero-order valence-electron chi connectivity index (χ0n) is 19.8. The monoisotopic (exact) mass is 462 g/mol. The number of benzene rings is 1. The predicted molar refractivity (Wildman–Crippen MR) is 123 cm³/mol. The van der Waals surface area contributed by atoms with Crippen LogP contribution in [0.1, 0.15) is 53.5 Å². The van der Waals surface area contributed by atoms with Gasteiger partial charge in [0, 0.05) is 13.1 Å². The molecule has 1 aromatic rings. The number of aliphatic imine (C=N–C) groups is 1. The molecule has 2 N–H and O–H groups in total. The first-order chi connectivity index (χ1) is 15.3. The van der Waals surface area contributed by atoms with Gasteiger partial charge in [-0.15, -0.1) is 4.99 Å². The number of guanidine groups is 1. The van der Waals surface area contributed by atoms with Gasteiger partial charge in [-0.1, -0.05) is 12.1 Å². The van der Waals surface area contributed by atoms with Crippen LogP contribution >= 0.6 is 0 Å². The van der Waals surface area contributed by atoms with Crippen molar-refractivity contribution in [2.75, 3.05) is 18.4 Å². The summed E-state index contributed by atoms with van der Waals surface area (Å²) in [5.41, 5.74) is 0.179. The quantitative estimate of drug-likeness (QED) is 0.394. The number of anilines is 1. The molecule has 0 aromatic heterocycles. The maximum absolute atomic E-state index is 14.2. The van der Waals surface area contributed by atoms with Gasteiger partial charge in [0.1, 0.15) is 17.0 Å². The smallest absolute Gasteiger partial charge is 0.437 e. The van der Waals surface area contributed by atoms with E-state index in [2.05, 4.69) is 15.6 Å². The molecule has 0 unspecified atom stereocenters. The molecule has 2 rings (SSSR count). The fourth-order valence-corrected chi connectivity index (χ4v) is 2.96. The van der Waals surface area contributed by atoms with Gasteiger partial charge in [0.15, 0.2) is 0 Å². The van der Waals surface area contributed by atoms with Crippen LogP contribution in [-0.2, 0) is 14.3 Å². The minimum Gasteiger partial charge on any atom is -0.444 e. The van der Waals surface area contributed by atoms with Crippen LogP contribution in [0.4, 0.5) is 19.7 Å². The Morgan fingerprint density at radius 2 is 1.79 bits per heavy atom. The molecule has 0 saturated heterocycles. The van der Waals surface area contributed by atoms with Gasteiger partial charge in [0.25, 0.3) is 0 Å². The van der Waals surface area contributed by atoms with Crippen LogP contribution in [0.25, 0.3) is 5.57 Å². The number of alkyl carbamates (subject to hydrolysis) is 1. The van der Waals surface area contributed by atoms with Crippen molar-refractivity contribution in [2.45, 2.75) is 59.2 Å². The van der Waals surface area contributed by atoms with E-state index in [4.69, 9.17) is 9.47 Å². The lowest BCUT2D eigenvalue weighted by atomic mass is 9.99. The fraction of sp³-hybridized carbons (Fsp3) is 0.478. The molecule has 9 nitrogen and oxygen atoms in total. The average Bonchev–Trinajstić information content (AvgIpc) is 2.66. The van der Waals surface area contributed by atoms with Gasteiger partial charge in [0.05, 0.1) is 5.69 Å². The molecule has 1 aliphatic rings. The van der Waals surface area contributed by atoms with E-state index in [1.807, 2.05) is 6.08 Å². The number of ether oxygens (including phenoxy) is 2. The van der Waals surface area contributed by atoms with E-state index in [0.29, 0.717) is 31.5 Å². The second-order valence-corrected chi connectivity index (χ2v) is 9.42. The number of hydrogen-bond donors (Lipinski definition) is 2. The molecule has 0 spiro atoms. The zero-order chi connectivity index (χ0) is 24.8. The summed E-state index contributed by atoms with van der Waals surface area (Å²) >= 11 is 0. The van der Waals surface area contributed by atoms with Crippen LogP contribution in [0.15, 0.2) is 29.3 Å². The molecule has 180 valence electrons. The molecule has 0 bridgehead atoms. The van der Waals surface area contributed by atoms with Crippen molar-refractivity contribution < 1.29 is 28.2 Å². The summed E-state index contributed by atoms with van der Waals surface area (Å²) in [7, 11) is 0. The van der Waals surface area contributed by atoms with Gasteiger partial charge in [-0.05, 0) is 71.2 Å². The third-order valence-electron chi connectivity index (χ3n) is 4.27. The summed E-state index contributed by atoms with van der Waals surface area (Å²) in [5, 5.41) is 4.83. The molecule has 3 amide bonds. The number of carbonyl (C=O) groups is 3. The fourth-order valence-electron chi connectivity index (χ4n) is 2.96. The van der Waals surface area contributed by atoms with E-state index in [1.54, 1.807) is 52.5 Å². The third-order valence-corrected chi connectivity index (χ3v) is 4.27. The van der Waals surface area contributed by atoms with Gasteiger partial charge in [-0.2, -0.15) is 0 Å². The standard InChI is InChI=1S/C23H31FN4O5/c1-22(2,3)32-20(30)26-19(27-21(31)33-23(4,5)6)28-11-9-15(10-12-28)16-7-8-18(25-14-29)17(24)13-16/h7-9,13-14H,10-12H2,1-6H3,(H,25,29)(H,26,27,30,31). The van der Waals surface area contributed by atoms with Crippen LogP contribution in [-0.4, -0.2) is 53.7 Å². The second kappa shape index (κ2) is 10.5. The Morgan fingerprint density at radius 1 is 1.12 bits per heavy atom. The Hall–Kier alpha value is -3.43. The van der Waals surface area contributed by atoms with E-state index >= 15 is 0 Å². The zero-order valence-corrected chi connectivity index (χ0v) is 19.8. The van der Waals surface area contributed by atoms with Gasteiger partial charge >= 0.3 is 12.2 Å². The number of amides is 3. The van der Waals surface area contributed by atoms with Crippen molar-refractivity contribution in [1.82, 2.24) is 10.2 Å². The highest BCUT2D eigenvalue weighted by atomic mass is 19.1. The highest BCUT2D eigenvalue weighted by molar-refractivity contribution is 5.99. The van der Waals surface area contributed by atoms with Crippen molar-refractivity contribution in [3.63, 3.8) is 0 Å². The Labute approximate surface area is 193 Å². The first kappa shape index (κ1) is 25.8. The van der Waals surface area contributed by atoms with Crippen LogP contribution in [0.2, 0.25) is 0 Å². The van der Waals surface area contributed by atoms with E-state index < -0.39 is 29.2 Å². The molecular formula is C23H31FN4O5. The minimum atomic E-state index is -0.844. The van der Waals surface area contributed by atoms with Crippen molar-refractivity contribution in [2.24, 2.45) is 4.99 Å². The lowest BCUT2D eigenvalue weighted by Crippen LogP contribution is -2.48. The SMILES string of the molecule is CC(C)(C)OC(=O)N=C(NC(=O)OC(C)(C)C)N1CC=C(c2ccc(NC=O)c(F)c2)CC1. The molecule has 0 fully saturated rings. The predicted octanol–water partition coefficient (Wildman–Crippen LogP) is 4.30. The molecule has 1 heterocycles. The molecule has 0 atom stereocenters. The van der Waals surface area contributed by atoms with Crippen LogP contribution in [0, 0.1) is 5.82 Å². The van der Waals surface area contributed by atoms with Crippen molar-refractivity contribution in [3.05, 3.63) is 35.7 Å². The van der Waals surface area contributed by atoms with E-state index in [9.17, 15) is 18.8 Å². The molecule has 1 aliphatic heterocycles. The third kappa shape index (κ3) is 8.55. The molecule has 10 heteroatoms. The molecule has 1 aromatic carbocycles. The lowest BCUT2D eigenvalue weighted by Gasteiger charge is -2.30. The van der Waals surface area contributed by atoms with Gasteiger partial charge in [-0.25, -0.2) is 14.0 Å². The van der Waals surface area contributed by atoms with Crippen LogP contribution < -0.4 is 10.6 Å². The van der Waals surface area contributed by atoms with E-state index in [1.165, 1.54) is 12.1 Å². The average molecular weight is 463 g/mol. The Balaban J connectivity index is 2.21. The highest BCUT2D eigenvalue weighted by Gasteiger charge is 2.24. The minimum absolute atomic E-state index is 0.00510. The number of carbonyl (C=O) groups excluding carboxylic acids is 3. The largest absolute Gasteiger partial charge is 0.444 e. The molecule has 0 saturated carbocycles. The number of nitrogens with one attached hydrogen (secondary N) is 2. The first-order valence-corrected chi connectivity index (χ1v) is 10.5. The molecule has 0 radical (unpaired) electrons. The van der Waals surface area contributed by atoms with Crippen molar-refractivity contribution >= 4 is 35.8 Å². The summed E-state index contributed by atoms with van der Waals surface area (Å²) < 4.78 is 24.7. The van der Waals surface area contributed by atoms with Gasteiger partial charge in [0.2, 0.25) is 12.4 Å². The number of rotatable bonds is 3.